The summed E-state index contributed by atoms with van der Waals surface area (Å²) < 4.78 is 36.8. The fourth-order valence-corrected chi connectivity index (χ4v) is 4.30. The Balaban J connectivity index is 0.000000285. The lowest BCUT2D eigenvalue weighted by Crippen LogP contribution is -2.35. The molecule has 8 nitrogen and oxygen atoms in total. The average Bonchev–Trinajstić information content (AvgIpc) is 2.78. The van der Waals surface area contributed by atoms with Crippen LogP contribution in [0.2, 0.25) is 0 Å². The Morgan fingerprint density at radius 3 is 2.29 bits per heavy atom. The standard InChI is InChI=1S/C15H23NO4S.C7H13NO2/c1-12-10-14(4-5-15(12)19-2)16-8-6-13(7-9-16)11-20-21(3,17)18;1-10-7(9)6-2-4-8-5-3-6/h4-5,10,13H,6-9,11H2,1-3H3;6,8H,2-5H2,1H3. The van der Waals surface area contributed by atoms with Crippen molar-refractivity contribution >= 4 is 21.8 Å². The topological polar surface area (TPSA) is 94.2 Å². The zero-order chi connectivity index (χ0) is 22.9. The highest BCUT2D eigenvalue weighted by molar-refractivity contribution is 7.85. The highest BCUT2D eigenvalue weighted by atomic mass is 32.2. The fraction of sp³-hybridized carbons (Fsp3) is 0.682. The van der Waals surface area contributed by atoms with Gasteiger partial charge < -0.3 is 19.7 Å². The summed E-state index contributed by atoms with van der Waals surface area (Å²) >= 11 is 0. The summed E-state index contributed by atoms with van der Waals surface area (Å²) in [6, 6.07) is 6.19. The van der Waals surface area contributed by atoms with Crippen LogP contribution in [0.4, 0.5) is 5.69 Å². The number of hydrogen-bond donors (Lipinski definition) is 1. The normalized spacial score (nSPS) is 18.1. The SMILES string of the molecule is COC(=O)C1CCNCC1.COc1ccc(N2CCC(COS(C)(=O)=O)CC2)cc1C. The Kier molecular flexibility index (Phi) is 10.1. The molecule has 0 spiro atoms. The molecule has 0 atom stereocenters. The van der Waals surface area contributed by atoms with Gasteiger partial charge in [0, 0.05) is 18.8 Å². The second-order valence-corrected chi connectivity index (χ2v) is 9.76. The number of nitrogens with one attached hydrogen (secondary N) is 1. The summed E-state index contributed by atoms with van der Waals surface area (Å²) in [5.41, 5.74) is 2.31. The van der Waals surface area contributed by atoms with Crippen LogP contribution < -0.4 is 15.0 Å². The number of esters is 1. The van der Waals surface area contributed by atoms with E-state index in [2.05, 4.69) is 27.1 Å². The van der Waals surface area contributed by atoms with Gasteiger partial charge in [0.05, 0.1) is 33.0 Å². The third kappa shape index (κ3) is 8.66. The van der Waals surface area contributed by atoms with E-state index in [1.54, 1.807) is 7.11 Å². The molecule has 2 saturated heterocycles. The molecule has 31 heavy (non-hydrogen) atoms. The quantitative estimate of drug-likeness (QED) is 0.515. The number of anilines is 1. The molecule has 176 valence electrons. The van der Waals surface area contributed by atoms with Gasteiger partial charge in [0.1, 0.15) is 5.75 Å². The van der Waals surface area contributed by atoms with Gasteiger partial charge in [-0.25, -0.2) is 0 Å². The summed E-state index contributed by atoms with van der Waals surface area (Å²) in [6.45, 7) is 6.07. The molecule has 1 aromatic rings. The Bertz CT molecular complexity index is 800. The number of aryl methyl sites for hydroxylation is 1. The number of nitrogens with zero attached hydrogens (tertiary/aromatic N) is 1. The second-order valence-electron chi connectivity index (χ2n) is 8.12. The lowest BCUT2D eigenvalue weighted by molar-refractivity contribution is -0.146. The van der Waals surface area contributed by atoms with Crippen LogP contribution in [0.3, 0.4) is 0 Å². The molecule has 0 aliphatic carbocycles. The molecule has 0 aromatic heterocycles. The molecule has 0 saturated carbocycles. The van der Waals surface area contributed by atoms with E-state index in [0.717, 1.165) is 69.4 Å². The number of benzene rings is 1. The number of ether oxygens (including phenoxy) is 2. The Morgan fingerprint density at radius 2 is 1.77 bits per heavy atom. The van der Waals surface area contributed by atoms with Crippen molar-refractivity contribution in [2.45, 2.75) is 32.6 Å². The van der Waals surface area contributed by atoms with Crippen LogP contribution in [-0.2, 0) is 23.8 Å². The molecule has 9 heteroatoms. The predicted octanol–water partition coefficient (Wildman–Crippen LogP) is 2.36. The van der Waals surface area contributed by atoms with Gasteiger partial charge in [-0.1, -0.05) is 0 Å². The Labute approximate surface area is 186 Å². The number of carbonyl (C=O) groups excluding carboxylic acids is 1. The summed E-state index contributed by atoms with van der Waals surface area (Å²) in [6.07, 6.45) is 4.84. The summed E-state index contributed by atoms with van der Waals surface area (Å²) in [7, 11) is -0.205. The van der Waals surface area contributed by atoms with Gasteiger partial charge >= 0.3 is 5.97 Å². The van der Waals surface area contributed by atoms with Crippen LogP contribution in [-0.4, -0.2) is 67.6 Å². The maximum atomic E-state index is 11.0. The van der Waals surface area contributed by atoms with Crippen molar-refractivity contribution in [1.82, 2.24) is 5.32 Å². The molecule has 0 radical (unpaired) electrons. The highest BCUT2D eigenvalue weighted by Gasteiger charge is 2.22. The first-order chi connectivity index (χ1) is 14.7. The summed E-state index contributed by atoms with van der Waals surface area (Å²) in [5.74, 6) is 1.30. The molecule has 0 amide bonds. The molecule has 0 unspecified atom stereocenters. The van der Waals surface area contributed by atoms with Crippen LogP contribution in [0.15, 0.2) is 18.2 Å². The fourth-order valence-electron chi connectivity index (χ4n) is 3.86. The third-order valence-electron chi connectivity index (χ3n) is 5.75. The van der Waals surface area contributed by atoms with Crippen LogP contribution >= 0.6 is 0 Å². The minimum Gasteiger partial charge on any atom is -0.496 e. The van der Waals surface area contributed by atoms with E-state index in [9.17, 15) is 13.2 Å². The van der Waals surface area contributed by atoms with Crippen molar-refractivity contribution in [2.75, 3.05) is 58.2 Å². The minimum atomic E-state index is -3.33. The molecule has 2 aliphatic heterocycles. The Hall–Kier alpha value is -1.84. The monoisotopic (exact) mass is 456 g/mol. The molecule has 1 N–H and O–H groups in total. The molecule has 0 bridgehead atoms. The first-order valence-electron chi connectivity index (χ1n) is 10.8. The largest absolute Gasteiger partial charge is 0.496 e. The number of methoxy groups -OCH3 is 2. The van der Waals surface area contributed by atoms with Crippen LogP contribution in [0.25, 0.3) is 0 Å². The lowest BCUT2D eigenvalue weighted by atomic mass is 9.97. The maximum absolute atomic E-state index is 11.0. The van der Waals surface area contributed by atoms with E-state index in [0.29, 0.717) is 12.5 Å². The summed E-state index contributed by atoms with van der Waals surface area (Å²) in [5, 5.41) is 3.19. The zero-order valence-electron chi connectivity index (χ0n) is 19.1. The molecule has 3 rings (SSSR count). The van der Waals surface area contributed by atoms with E-state index in [4.69, 9.17) is 8.92 Å². The van der Waals surface area contributed by atoms with Gasteiger partial charge in [0.25, 0.3) is 10.1 Å². The molecule has 1 aromatic carbocycles. The average molecular weight is 457 g/mol. The predicted molar refractivity (Wildman–Crippen MR) is 121 cm³/mol. The molecule has 2 heterocycles. The van der Waals surface area contributed by atoms with Gasteiger partial charge in [-0.3, -0.25) is 8.98 Å². The van der Waals surface area contributed by atoms with Gasteiger partial charge in [-0.2, -0.15) is 8.42 Å². The van der Waals surface area contributed by atoms with E-state index in [-0.39, 0.29) is 11.9 Å². The number of hydrogen-bond acceptors (Lipinski definition) is 8. The first kappa shape index (κ1) is 25.4. The van der Waals surface area contributed by atoms with Crippen LogP contribution in [0.1, 0.15) is 31.2 Å². The van der Waals surface area contributed by atoms with Crippen molar-refractivity contribution in [2.24, 2.45) is 11.8 Å². The molecular formula is C22H36N2O6S. The van der Waals surface area contributed by atoms with Crippen LogP contribution in [0.5, 0.6) is 5.75 Å². The van der Waals surface area contributed by atoms with Crippen molar-refractivity contribution in [3.05, 3.63) is 23.8 Å². The summed E-state index contributed by atoms with van der Waals surface area (Å²) in [4.78, 5) is 13.2. The number of carbonyl (C=O) groups is 1. The Morgan fingerprint density at radius 1 is 1.13 bits per heavy atom. The van der Waals surface area contributed by atoms with Gasteiger partial charge in [-0.15, -0.1) is 0 Å². The lowest BCUT2D eigenvalue weighted by Gasteiger charge is -2.33. The van der Waals surface area contributed by atoms with E-state index >= 15 is 0 Å². The van der Waals surface area contributed by atoms with E-state index in [1.165, 1.54) is 12.8 Å². The second kappa shape index (κ2) is 12.3. The minimum absolute atomic E-state index is 0.0542. The third-order valence-corrected chi connectivity index (χ3v) is 6.31. The molecule has 2 fully saturated rings. The van der Waals surface area contributed by atoms with Gasteiger partial charge in [0.2, 0.25) is 0 Å². The molecular weight excluding hydrogens is 420 g/mol. The van der Waals surface area contributed by atoms with Crippen molar-refractivity contribution in [3.8, 4) is 5.75 Å². The van der Waals surface area contributed by atoms with E-state index in [1.807, 2.05) is 13.0 Å². The number of rotatable bonds is 6. The maximum Gasteiger partial charge on any atom is 0.308 e. The van der Waals surface area contributed by atoms with Crippen molar-refractivity contribution < 1.29 is 26.9 Å². The number of piperidine rings is 2. The zero-order valence-corrected chi connectivity index (χ0v) is 19.9. The van der Waals surface area contributed by atoms with Crippen molar-refractivity contribution in [1.29, 1.82) is 0 Å². The smallest absolute Gasteiger partial charge is 0.308 e. The van der Waals surface area contributed by atoms with E-state index < -0.39 is 10.1 Å². The first-order valence-corrected chi connectivity index (χ1v) is 12.6. The van der Waals surface area contributed by atoms with Crippen molar-refractivity contribution in [3.63, 3.8) is 0 Å². The van der Waals surface area contributed by atoms with Gasteiger partial charge in [0.15, 0.2) is 0 Å². The van der Waals surface area contributed by atoms with Crippen LogP contribution in [0, 0.1) is 18.8 Å². The highest BCUT2D eigenvalue weighted by Crippen LogP contribution is 2.28. The van der Waals surface area contributed by atoms with Gasteiger partial charge in [-0.05, 0) is 75.4 Å². The molecule has 2 aliphatic rings.